The number of ether oxygens (including phenoxy) is 1. The normalized spacial score (nSPS) is 9.50. The third kappa shape index (κ3) is 5.24. The van der Waals surface area contributed by atoms with E-state index < -0.39 is 10.9 Å². The molecule has 0 bridgehead atoms. The Hall–Kier alpha value is -2.60. The zero-order valence-electron chi connectivity index (χ0n) is 13.7. The summed E-state index contributed by atoms with van der Waals surface area (Å²) in [6.45, 7) is 4.40. The van der Waals surface area contributed by atoms with Crippen LogP contribution >= 0.6 is 11.6 Å². The lowest BCUT2D eigenvalue weighted by Crippen LogP contribution is -2.06. The van der Waals surface area contributed by atoms with E-state index in [0.717, 1.165) is 5.56 Å². The number of nitro benzene ring substituents is 1. The predicted octanol–water partition coefficient (Wildman–Crippen LogP) is 4.67. The highest BCUT2D eigenvalue weighted by atomic mass is 35.5. The van der Waals surface area contributed by atoms with Crippen LogP contribution < -0.4 is 5.32 Å². The second-order valence-corrected chi connectivity index (χ2v) is 4.90. The number of anilines is 1. The van der Waals surface area contributed by atoms with Crippen molar-refractivity contribution in [2.75, 3.05) is 12.4 Å². The number of halogens is 1. The lowest BCUT2D eigenvalue weighted by atomic mass is 10.1. The van der Waals surface area contributed by atoms with E-state index in [1.165, 1.54) is 25.3 Å². The molecule has 0 spiro atoms. The first-order valence-corrected chi connectivity index (χ1v) is 7.74. The minimum absolute atomic E-state index is 0.131. The molecule has 0 aromatic heterocycles. The van der Waals surface area contributed by atoms with Crippen LogP contribution in [-0.4, -0.2) is 18.0 Å². The van der Waals surface area contributed by atoms with Crippen molar-refractivity contribution in [1.29, 1.82) is 0 Å². The van der Waals surface area contributed by atoms with Crippen molar-refractivity contribution in [3.8, 4) is 0 Å². The molecule has 0 heterocycles. The van der Waals surface area contributed by atoms with Gasteiger partial charge >= 0.3 is 5.97 Å². The van der Waals surface area contributed by atoms with Gasteiger partial charge in [0.05, 0.1) is 17.6 Å². The maximum atomic E-state index is 11.4. The summed E-state index contributed by atoms with van der Waals surface area (Å²) < 4.78 is 4.56. The van der Waals surface area contributed by atoms with Gasteiger partial charge in [-0.25, -0.2) is 4.79 Å². The minimum atomic E-state index is -0.618. The molecule has 7 heteroatoms. The summed E-state index contributed by atoms with van der Waals surface area (Å²) in [5, 5.41) is 14.7. The van der Waals surface area contributed by atoms with Crippen molar-refractivity contribution >= 4 is 28.9 Å². The van der Waals surface area contributed by atoms with Gasteiger partial charge in [0.1, 0.15) is 5.69 Å². The molecule has 6 nitrogen and oxygen atoms in total. The van der Waals surface area contributed by atoms with Gasteiger partial charge in [-0.1, -0.05) is 37.6 Å². The molecule has 0 amide bonds. The molecule has 0 atom stereocenters. The van der Waals surface area contributed by atoms with Gasteiger partial charge in [0.15, 0.2) is 0 Å². The number of nitrogens with zero attached hydrogens (tertiary/aromatic N) is 1. The number of rotatable bonds is 5. The molecule has 2 rings (SSSR count). The lowest BCUT2D eigenvalue weighted by molar-refractivity contribution is -0.384. The van der Waals surface area contributed by atoms with Crippen molar-refractivity contribution in [3.63, 3.8) is 0 Å². The second-order valence-electron chi connectivity index (χ2n) is 4.46. The smallest absolute Gasteiger partial charge is 0.338 e. The highest BCUT2D eigenvalue weighted by Gasteiger charge is 2.17. The Morgan fingerprint density at radius 1 is 1.21 bits per heavy atom. The standard InChI is InChI=1S/C15H13ClN2O4.C2H6/c1-22-15(19)11-4-7-13(14(8-11)18(20)21)17-9-10-2-5-12(16)6-3-10;1-2/h2-8,17H,9H2,1H3;1-2H3. The summed E-state index contributed by atoms with van der Waals surface area (Å²) in [6.07, 6.45) is 0. The van der Waals surface area contributed by atoms with E-state index in [1.54, 1.807) is 12.1 Å². The molecule has 2 aromatic carbocycles. The van der Waals surface area contributed by atoms with Gasteiger partial charge in [-0.2, -0.15) is 0 Å². The zero-order valence-corrected chi connectivity index (χ0v) is 14.5. The van der Waals surface area contributed by atoms with Crippen LogP contribution in [0.2, 0.25) is 5.02 Å². The third-order valence-corrected chi connectivity index (χ3v) is 3.26. The van der Waals surface area contributed by atoms with Crippen LogP contribution in [0.3, 0.4) is 0 Å². The molecule has 0 aliphatic rings. The Bertz CT molecular complexity index is 702. The first kappa shape index (κ1) is 19.4. The Kier molecular flexibility index (Phi) is 7.71. The highest BCUT2D eigenvalue weighted by Crippen LogP contribution is 2.26. The lowest BCUT2D eigenvalue weighted by Gasteiger charge is -2.08. The summed E-state index contributed by atoms with van der Waals surface area (Å²) in [7, 11) is 1.22. The number of nitrogens with one attached hydrogen (secondary N) is 1. The Morgan fingerprint density at radius 2 is 1.83 bits per heavy atom. The van der Waals surface area contributed by atoms with E-state index in [-0.39, 0.29) is 11.3 Å². The van der Waals surface area contributed by atoms with Gasteiger partial charge in [0, 0.05) is 17.6 Å². The van der Waals surface area contributed by atoms with Crippen LogP contribution in [0.5, 0.6) is 0 Å². The topological polar surface area (TPSA) is 81.5 Å². The zero-order chi connectivity index (χ0) is 18.1. The summed E-state index contributed by atoms with van der Waals surface area (Å²) in [6, 6.07) is 11.3. The second kappa shape index (κ2) is 9.52. The van der Waals surface area contributed by atoms with Crippen molar-refractivity contribution < 1.29 is 14.5 Å². The monoisotopic (exact) mass is 350 g/mol. The summed E-state index contributed by atoms with van der Waals surface area (Å²) in [4.78, 5) is 22.0. The fourth-order valence-corrected chi connectivity index (χ4v) is 2.00. The number of methoxy groups -OCH3 is 1. The van der Waals surface area contributed by atoms with Crippen molar-refractivity contribution in [3.05, 3.63) is 68.7 Å². The Labute approximate surface area is 145 Å². The molecular weight excluding hydrogens is 332 g/mol. The number of esters is 1. The predicted molar refractivity (Wildman–Crippen MR) is 94.6 cm³/mol. The van der Waals surface area contributed by atoms with Crippen LogP contribution in [0.15, 0.2) is 42.5 Å². The number of carbonyl (C=O) groups is 1. The van der Waals surface area contributed by atoms with Crippen molar-refractivity contribution in [1.82, 2.24) is 0 Å². The Balaban J connectivity index is 0.00000139. The fourth-order valence-electron chi connectivity index (χ4n) is 1.88. The van der Waals surface area contributed by atoms with Crippen LogP contribution in [-0.2, 0) is 11.3 Å². The fraction of sp³-hybridized carbons (Fsp3) is 0.235. The van der Waals surface area contributed by atoms with Crippen LogP contribution in [0.1, 0.15) is 29.8 Å². The maximum absolute atomic E-state index is 11.4. The van der Waals surface area contributed by atoms with Gasteiger partial charge in [0.2, 0.25) is 0 Å². The molecule has 0 unspecified atom stereocenters. The largest absolute Gasteiger partial charge is 0.465 e. The van der Waals surface area contributed by atoms with Crippen LogP contribution in [0, 0.1) is 10.1 Å². The number of carbonyl (C=O) groups excluding carboxylic acids is 1. The molecule has 128 valence electrons. The number of hydrogen-bond acceptors (Lipinski definition) is 5. The number of benzene rings is 2. The van der Waals surface area contributed by atoms with E-state index in [4.69, 9.17) is 11.6 Å². The van der Waals surface area contributed by atoms with E-state index in [9.17, 15) is 14.9 Å². The van der Waals surface area contributed by atoms with Crippen molar-refractivity contribution in [2.24, 2.45) is 0 Å². The average molecular weight is 351 g/mol. The maximum Gasteiger partial charge on any atom is 0.338 e. The molecule has 0 saturated heterocycles. The molecule has 0 aliphatic carbocycles. The van der Waals surface area contributed by atoms with E-state index in [0.29, 0.717) is 17.3 Å². The number of hydrogen-bond donors (Lipinski definition) is 1. The van der Waals surface area contributed by atoms with E-state index >= 15 is 0 Å². The van der Waals surface area contributed by atoms with Gasteiger partial charge in [-0.3, -0.25) is 10.1 Å². The van der Waals surface area contributed by atoms with E-state index in [1.807, 2.05) is 26.0 Å². The Morgan fingerprint density at radius 3 is 2.38 bits per heavy atom. The molecule has 0 fully saturated rings. The SMILES string of the molecule is CC.COC(=O)c1ccc(NCc2ccc(Cl)cc2)c([N+](=O)[O-])c1. The molecule has 0 radical (unpaired) electrons. The highest BCUT2D eigenvalue weighted by molar-refractivity contribution is 6.30. The van der Waals surface area contributed by atoms with Gasteiger partial charge in [-0.15, -0.1) is 0 Å². The molecule has 0 aliphatic heterocycles. The first-order chi connectivity index (χ1) is 11.5. The summed E-state index contributed by atoms with van der Waals surface area (Å²) in [5.41, 5.74) is 1.20. The molecule has 1 N–H and O–H groups in total. The van der Waals surface area contributed by atoms with E-state index in [2.05, 4.69) is 10.1 Å². The molecule has 24 heavy (non-hydrogen) atoms. The van der Waals surface area contributed by atoms with Crippen molar-refractivity contribution in [2.45, 2.75) is 20.4 Å². The average Bonchev–Trinajstić information content (AvgIpc) is 2.62. The van der Waals surface area contributed by atoms with Gasteiger partial charge in [-0.05, 0) is 29.8 Å². The molecule has 0 saturated carbocycles. The summed E-state index contributed by atoms with van der Waals surface area (Å²) >= 11 is 5.80. The minimum Gasteiger partial charge on any atom is -0.465 e. The van der Waals surface area contributed by atoms with Crippen LogP contribution in [0.25, 0.3) is 0 Å². The number of nitro groups is 1. The molecular formula is C17H19ClN2O4. The van der Waals surface area contributed by atoms with Gasteiger partial charge in [0.25, 0.3) is 5.69 Å². The summed E-state index contributed by atoms with van der Waals surface area (Å²) in [5.74, 6) is -0.618. The van der Waals surface area contributed by atoms with Crippen LogP contribution in [0.4, 0.5) is 11.4 Å². The third-order valence-electron chi connectivity index (χ3n) is 3.01. The quantitative estimate of drug-likeness (QED) is 0.481. The first-order valence-electron chi connectivity index (χ1n) is 7.36. The molecule has 2 aromatic rings. The van der Waals surface area contributed by atoms with Gasteiger partial charge < -0.3 is 10.1 Å².